The molecule has 4 nitrogen and oxygen atoms in total. The van der Waals surface area contributed by atoms with Crippen molar-refractivity contribution in [3.63, 3.8) is 0 Å². The van der Waals surface area contributed by atoms with Gasteiger partial charge in [-0.25, -0.2) is 0 Å². The number of hydrogen-bond donors (Lipinski definition) is 2. The van der Waals surface area contributed by atoms with E-state index in [2.05, 4.69) is 40.7 Å². The second kappa shape index (κ2) is 6.95. The van der Waals surface area contributed by atoms with Crippen LogP contribution in [0.15, 0.2) is 47.8 Å². The van der Waals surface area contributed by atoms with E-state index >= 15 is 0 Å². The van der Waals surface area contributed by atoms with Crippen LogP contribution >= 0.6 is 12.2 Å². The van der Waals surface area contributed by atoms with E-state index in [-0.39, 0.29) is 0 Å². The van der Waals surface area contributed by atoms with Gasteiger partial charge in [0.15, 0.2) is 5.11 Å². The molecule has 0 unspecified atom stereocenters. The number of nitrogens with one attached hydrogen (secondary N) is 2. The third kappa shape index (κ3) is 4.10. The normalized spacial score (nSPS) is 11.1. The first-order chi connectivity index (χ1) is 10.1. The van der Waals surface area contributed by atoms with Crippen molar-refractivity contribution in [3.05, 3.63) is 59.4 Å². The van der Waals surface area contributed by atoms with E-state index in [4.69, 9.17) is 12.2 Å². The number of aromatic nitrogens is 1. The predicted molar refractivity (Wildman–Crippen MR) is 91.7 cm³/mol. The van der Waals surface area contributed by atoms with Crippen molar-refractivity contribution in [3.8, 4) is 0 Å². The zero-order valence-electron chi connectivity index (χ0n) is 12.3. The largest absolute Gasteiger partial charge is 0.331 e. The first-order valence-electron chi connectivity index (χ1n) is 6.66. The SMILES string of the molecule is CC(=NNC(=S)Nc1cccc(C)c1C)c1cccnc1. The summed E-state index contributed by atoms with van der Waals surface area (Å²) in [5.74, 6) is 0. The van der Waals surface area contributed by atoms with Gasteiger partial charge in [0.25, 0.3) is 0 Å². The van der Waals surface area contributed by atoms with Crippen molar-refractivity contribution in [2.45, 2.75) is 20.8 Å². The molecule has 0 bridgehead atoms. The van der Waals surface area contributed by atoms with Crippen molar-refractivity contribution < 1.29 is 0 Å². The Bertz CT molecular complexity index is 665. The lowest BCUT2D eigenvalue weighted by Crippen LogP contribution is -2.25. The molecule has 0 saturated heterocycles. The van der Waals surface area contributed by atoms with Gasteiger partial charge in [-0.2, -0.15) is 5.10 Å². The lowest BCUT2D eigenvalue weighted by atomic mass is 10.1. The maximum Gasteiger partial charge on any atom is 0.191 e. The molecule has 1 aromatic heterocycles. The monoisotopic (exact) mass is 298 g/mol. The molecule has 5 heteroatoms. The number of rotatable bonds is 3. The molecule has 108 valence electrons. The van der Waals surface area contributed by atoms with Gasteiger partial charge in [0.1, 0.15) is 0 Å². The summed E-state index contributed by atoms with van der Waals surface area (Å²) in [4.78, 5) is 4.06. The second-order valence-corrected chi connectivity index (χ2v) is 5.16. The van der Waals surface area contributed by atoms with Gasteiger partial charge in [-0.3, -0.25) is 10.4 Å². The third-order valence-electron chi connectivity index (χ3n) is 3.26. The molecule has 0 aliphatic heterocycles. The van der Waals surface area contributed by atoms with Crippen LogP contribution in [0.3, 0.4) is 0 Å². The van der Waals surface area contributed by atoms with E-state index in [0.717, 1.165) is 17.0 Å². The zero-order chi connectivity index (χ0) is 15.2. The molecule has 2 rings (SSSR count). The Kier molecular flexibility index (Phi) is 5.00. The number of benzene rings is 1. The fraction of sp³-hybridized carbons (Fsp3) is 0.188. The Hall–Kier alpha value is -2.27. The standard InChI is InChI=1S/C16H18N4S/c1-11-6-4-8-15(12(11)2)18-16(21)20-19-13(3)14-7-5-9-17-10-14/h4-10H,1-3H3,(H2,18,20,21). The molecule has 0 amide bonds. The topological polar surface area (TPSA) is 49.3 Å². The van der Waals surface area contributed by atoms with E-state index in [0.29, 0.717) is 5.11 Å². The molecule has 0 radical (unpaired) electrons. The molecule has 0 fully saturated rings. The first kappa shape index (κ1) is 15.1. The van der Waals surface area contributed by atoms with Gasteiger partial charge >= 0.3 is 0 Å². The minimum Gasteiger partial charge on any atom is -0.331 e. The highest BCUT2D eigenvalue weighted by Gasteiger charge is 2.03. The smallest absolute Gasteiger partial charge is 0.191 e. The van der Waals surface area contributed by atoms with E-state index in [1.165, 1.54) is 11.1 Å². The molecule has 21 heavy (non-hydrogen) atoms. The zero-order valence-corrected chi connectivity index (χ0v) is 13.2. The quantitative estimate of drug-likeness (QED) is 0.518. The van der Waals surface area contributed by atoms with Crippen LogP contribution in [0.2, 0.25) is 0 Å². The van der Waals surface area contributed by atoms with Gasteiger partial charge in [-0.1, -0.05) is 18.2 Å². The fourth-order valence-electron chi connectivity index (χ4n) is 1.81. The highest BCUT2D eigenvalue weighted by Crippen LogP contribution is 2.17. The summed E-state index contributed by atoms with van der Waals surface area (Å²) in [6, 6.07) is 9.89. The summed E-state index contributed by atoms with van der Waals surface area (Å²) in [5.41, 5.74) is 8.03. The van der Waals surface area contributed by atoms with Crippen molar-refractivity contribution in [2.24, 2.45) is 5.10 Å². The minimum absolute atomic E-state index is 0.465. The predicted octanol–water partition coefficient (Wildman–Crippen LogP) is 3.41. The molecule has 2 N–H and O–H groups in total. The first-order valence-corrected chi connectivity index (χ1v) is 7.06. The molecule has 2 aromatic rings. The molecule has 0 spiro atoms. The van der Waals surface area contributed by atoms with Gasteiger partial charge < -0.3 is 5.32 Å². The fourth-order valence-corrected chi connectivity index (χ4v) is 1.97. The number of hydrogen-bond acceptors (Lipinski definition) is 3. The molecular formula is C16H18N4S. The Balaban J connectivity index is 2.01. The average molecular weight is 298 g/mol. The van der Waals surface area contributed by atoms with Crippen molar-refractivity contribution >= 4 is 28.7 Å². The van der Waals surface area contributed by atoms with Crippen LogP contribution < -0.4 is 10.7 Å². The van der Waals surface area contributed by atoms with Gasteiger partial charge in [0.2, 0.25) is 0 Å². The average Bonchev–Trinajstić information content (AvgIpc) is 2.50. The van der Waals surface area contributed by atoms with Crippen LogP contribution in [-0.2, 0) is 0 Å². The Morgan fingerprint density at radius 3 is 2.71 bits per heavy atom. The number of nitrogens with zero attached hydrogens (tertiary/aromatic N) is 2. The Labute approximate surface area is 130 Å². The number of hydrazone groups is 1. The molecular weight excluding hydrogens is 280 g/mol. The van der Waals surface area contributed by atoms with Crippen LogP contribution in [0.5, 0.6) is 0 Å². The van der Waals surface area contributed by atoms with Gasteiger partial charge in [0, 0.05) is 23.6 Å². The summed E-state index contributed by atoms with van der Waals surface area (Å²) in [6.45, 7) is 6.04. The maximum atomic E-state index is 5.26. The molecule has 0 aliphatic rings. The van der Waals surface area contributed by atoms with Gasteiger partial charge in [0.05, 0.1) is 5.71 Å². The molecule has 0 atom stereocenters. The van der Waals surface area contributed by atoms with Crippen molar-refractivity contribution in [1.82, 2.24) is 10.4 Å². The summed E-state index contributed by atoms with van der Waals surface area (Å²) in [5, 5.41) is 7.89. The lowest BCUT2D eigenvalue weighted by Gasteiger charge is -2.12. The van der Waals surface area contributed by atoms with Crippen LogP contribution in [0.4, 0.5) is 5.69 Å². The highest BCUT2D eigenvalue weighted by molar-refractivity contribution is 7.80. The number of pyridine rings is 1. The summed E-state index contributed by atoms with van der Waals surface area (Å²) < 4.78 is 0. The summed E-state index contributed by atoms with van der Waals surface area (Å²) >= 11 is 5.26. The van der Waals surface area contributed by atoms with Crippen molar-refractivity contribution in [2.75, 3.05) is 5.32 Å². The lowest BCUT2D eigenvalue weighted by molar-refractivity contribution is 1.04. The van der Waals surface area contributed by atoms with E-state index < -0.39 is 0 Å². The van der Waals surface area contributed by atoms with E-state index in [1.54, 1.807) is 12.4 Å². The Morgan fingerprint density at radius 2 is 2.00 bits per heavy atom. The maximum absolute atomic E-state index is 5.26. The minimum atomic E-state index is 0.465. The van der Waals surface area contributed by atoms with Crippen LogP contribution in [-0.4, -0.2) is 15.8 Å². The summed E-state index contributed by atoms with van der Waals surface area (Å²) in [6.07, 6.45) is 3.50. The van der Waals surface area contributed by atoms with E-state index in [1.807, 2.05) is 31.2 Å². The van der Waals surface area contributed by atoms with Crippen molar-refractivity contribution in [1.29, 1.82) is 0 Å². The molecule has 1 aromatic carbocycles. The molecule has 0 saturated carbocycles. The Morgan fingerprint density at radius 1 is 1.19 bits per heavy atom. The van der Waals surface area contributed by atoms with Crippen LogP contribution in [0, 0.1) is 13.8 Å². The highest BCUT2D eigenvalue weighted by atomic mass is 32.1. The van der Waals surface area contributed by atoms with Crippen LogP contribution in [0.25, 0.3) is 0 Å². The van der Waals surface area contributed by atoms with Crippen LogP contribution in [0.1, 0.15) is 23.6 Å². The third-order valence-corrected chi connectivity index (χ3v) is 3.45. The van der Waals surface area contributed by atoms with E-state index in [9.17, 15) is 0 Å². The molecule has 0 aliphatic carbocycles. The number of thiocarbonyl (C=S) groups is 1. The number of anilines is 1. The van der Waals surface area contributed by atoms with Gasteiger partial charge in [-0.15, -0.1) is 0 Å². The number of aryl methyl sites for hydroxylation is 1. The summed E-state index contributed by atoms with van der Waals surface area (Å²) in [7, 11) is 0. The molecule has 1 heterocycles. The van der Waals surface area contributed by atoms with Gasteiger partial charge in [-0.05, 0) is 56.2 Å². The second-order valence-electron chi connectivity index (χ2n) is 4.75.